The molecule has 8 heteroatoms. The molecule has 0 aliphatic carbocycles. The van der Waals surface area contributed by atoms with Gasteiger partial charge in [-0.25, -0.2) is 8.42 Å². The van der Waals surface area contributed by atoms with Gasteiger partial charge in [-0.1, -0.05) is 0 Å². The lowest BCUT2D eigenvalue weighted by Gasteiger charge is -2.44. The van der Waals surface area contributed by atoms with Crippen LogP contribution in [-0.2, 0) is 10.0 Å². The van der Waals surface area contributed by atoms with Crippen molar-refractivity contribution in [1.82, 2.24) is 14.1 Å². The predicted octanol–water partition coefficient (Wildman–Crippen LogP) is 1.74. The van der Waals surface area contributed by atoms with Crippen molar-refractivity contribution in [3.8, 4) is 11.5 Å². The van der Waals surface area contributed by atoms with E-state index in [0.717, 1.165) is 19.5 Å². The smallest absolute Gasteiger partial charge is 0.246 e. The Balaban J connectivity index is 2.17. The first-order valence-electron chi connectivity index (χ1n) is 9.33. The molecule has 27 heavy (non-hydrogen) atoms. The number of piperazine rings is 1. The van der Waals surface area contributed by atoms with E-state index in [2.05, 4.69) is 37.7 Å². The van der Waals surface area contributed by atoms with Crippen LogP contribution in [-0.4, -0.2) is 89.1 Å². The lowest BCUT2D eigenvalue weighted by atomic mass is 10.1. The molecule has 0 bridgehead atoms. The summed E-state index contributed by atoms with van der Waals surface area (Å²) in [4.78, 5) is 4.76. The van der Waals surface area contributed by atoms with Gasteiger partial charge in [0, 0.05) is 37.8 Å². The van der Waals surface area contributed by atoms with Gasteiger partial charge >= 0.3 is 0 Å². The van der Waals surface area contributed by atoms with Gasteiger partial charge in [0.2, 0.25) is 10.0 Å². The summed E-state index contributed by atoms with van der Waals surface area (Å²) in [5.41, 5.74) is 0. The second kappa shape index (κ2) is 9.23. The summed E-state index contributed by atoms with van der Waals surface area (Å²) in [7, 11) is 3.52. The third kappa shape index (κ3) is 5.13. The molecule has 1 fully saturated rings. The maximum absolute atomic E-state index is 13.2. The van der Waals surface area contributed by atoms with Crippen molar-refractivity contribution >= 4 is 10.0 Å². The van der Waals surface area contributed by atoms with E-state index in [0.29, 0.717) is 24.6 Å². The molecule has 7 nitrogen and oxygen atoms in total. The Morgan fingerprint density at radius 3 is 2.26 bits per heavy atom. The van der Waals surface area contributed by atoms with Crippen LogP contribution < -0.4 is 9.47 Å². The second-order valence-corrected chi connectivity index (χ2v) is 9.34. The molecule has 0 spiro atoms. The van der Waals surface area contributed by atoms with Gasteiger partial charge in [-0.3, -0.25) is 4.90 Å². The van der Waals surface area contributed by atoms with Crippen molar-refractivity contribution in [2.45, 2.75) is 37.2 Å². The molecule has 1 heterocycles. The van der Waals surface area contributed by atoms with Gasteiger partial charge in [0.1, 0.15) is 16.4 Å². The van der Waals surface area contributed by atoms with E-state index in [9.17, 15) is 8.42 Å². The molecule has 1 aromatic carbocycles. The first-order valence-corrected chi connectivity index (χ1v) is 10.8. The van der Waals surface area contributed by atoms with E-state index in [1.54, 1.807) is 29.6 Å². The highest BCUT2D eigenvalue weighted by Crippen LogP contribution is 2.32. The van der Waals surface area contributed by atoms with Crippen LogP contribution in [0.3, 0.4) is 0 Å². The summed E-state index contributed by atoms with van der Waals surface area (Å²) in [5, 5.41) is 0. The van der Waals surface area contributed by atoms with E-state index in [1.165, 1.54) is 7.11 Å². The molecule has 1 aliphatic rings. The Morgan fingerprint density at radius 2 is 1.74 bits per heavy atom. The zero-order valence-corrected chi connectivity index (χ0v) is 18.1. The van der Waals surface area contributed by atoms with E-state index in [1.807, 2.05) is 0 Å². The molecular weight excluding hydrogens is 366 g/mol. The molecule has 154 valence electrons. The Hall–Kier alpha value is -1.35. The zero-order chi connectivity index (χ0) is 20.2. The Morgan fingerprint density at radius 1 is 1.11 bits per heavy atom. The predicted molar refractivity (Wildman–Crippen MR) is 107 cm³/mol. The normalized spacial score (nSPS) is 22.2. The summed E-state index contributed by atoms with van der Waals surface area (Å²) in [6.07, 6.45) is 1.07. The summed E-state index contributed by atoms with van der Waals surface area (Å²) >= 11 is 0. The fraction of sp³-hybridized carbons (Fsp3) is 0.684. The van der Waals surface area contributed by atoms with Gasteiger partial charge in [-0.2, -0.15) is 4.31 Å². The van der Waals surface area contributed by atoms with Crippen LogP contribution in [0, 0.1) is 0 Å². The van der Waals surface area contributed by atoms with Crippen molar-refractivity contribution < 1.29 is 17.9 Å². The summed E-state index contributed by atoms with van der Waals surface area (Å²) in [6, 6.07) is 5.15. The quantitative estimate of drug-likeness (QED) is 0.664. The molecule has 2 atom stereocenters. The van der Waals surface area contributed by atoms with Crippen LogP contribution in [0.25, 0.3) is 0 Å². The first kappa shape index (κ1) is 21.9. The minimum atomic E-state index is -3.64. The number of sulfonamides is 1. The largest absolute Gasteiger partial charge is 0.497 e. The summed E-state index contributed by atoms with van der Waals surface area (Å²) in [5.74, 6) is 0.876. The molecule has 0 aromatic heterocycles. The van der Waals surface area contributed by atoms with Gasteiger partial charge in [0.25, 0.3) is 0 Å². The van der Waals surface area contributed by atoms with Gasteiger partial charge in [0.05, 0.1) is 14.2 Å². The molecule has 0 radical (unpaired) electrons. The molecule has 0 amide bonds. The maximum Gasteiger partial charge on any atom is 0.246 e. The Bertz CT molecular complexity index is 712. The number of rotatable bonds is 8. The van der Waals surface area contributed by atoms with E-state index >= 15 is 0 Å². The van der Waals surface area contributed by atoms with Gasteiger partial charge < -0.3 is 14.4 Å². The molecule has 2 unspecified atom stereocenters. The van der Waals surface area contributed by atoms with Crippen LogP contribution in [0.15, 0.2) is 23.1 Å². The van der Waals surface area contributed by atoms with Crippen molar-refractivity contribution in [3.63, 3.8) is 0 Å². The fourth-order valence-electron chi connectivity index (χ4n) is 3.64. The van der Waals surface area contributed by atoms with Crippen LogP contribution in [0.2, 0.25) is 0 Å². The lowest BCUT2D eigenvalue weighted by Crippen LogP contribution is -2.58. The fourth-order valence-corrected chi connectivity index (χ4v) is 5.38. The molecule has 2 rings (SSSR count). The Kier molecular flexibility index (Phi) is 7.50. The van der Waals surface area contributed by atoms with Crippen molar-refractivity contribution in [1.29, 1.82) is 0 Å². The van der Waals surface area contributed by atoms with Crippen LogP contribution in [0.5, 0.6) is 11.5 Å². The summed E-state index contributed by atoms with van der Waals surface area (Å²) < 4.78 is 38.6. The number of hydrogen-bond acceptors (Lipinski definition) is 6. The maximum atomic E-state index is 13.2. The molecule has 1 aliphatic heterocycles. The first-order chi connectivity index (χ1) is 12.7. The second-order valence-electron chi connectivity index (χ2n) is 7.43. The molecule has 0 N–H and O–H groups in total. The minimum Gasteiger partial charge on any atom is -0.497 e. The van der Waals surface area contributed by atoms with Crippen LogP contribution in [0.1, 0.15) is 20.3 Å². The third-order valence-corrected chi connectivity index (χ3v) is 6.95. The minimum absolute atomic E-state index is 0.162. The summed E-state index contributed by atoms with van der Waals surface area (Å²) in [6.45, 7) is 7.15. The van der Waals surface area contributed by atoms with Crippen molar-refractivity contribution in [3.05, 3.63) is 18.2 Å². The number of nitrogens with zero attached hydrogens (tertiary/aromatic N) is 3. The standard InChI is InChI=1S/C19H33N3O4S/c1-15-13-21(14-16(2)22(15)11-7-10-20(3)4)27(23,24)19-9-8-17(25-5)12-18(19)26-6/h8-9,12,15-16H,7,10-11,13-14H2,1-6H3. The molecular formula is C19H33N3O4S. The van der Waals surface area contributed by atoms with Gasteiger partial charge in [0.15, 0.2) is 0 Å². The number of ether oxygens (including phenoxy) is 2. The highest BCUT2D eigenvalue weighted by molar-refractivity contribution is 7.89. The number of hydrogen-bond donors (Lipinski definition) is 0. The van der Waals surface area contributed by atoms with Crippen LogP contribution in [0.4, 0.5) is 0 Å². The van der Waals surface area contributed by atoms with Crippen LogP contribution >= 0.6 is 0 Å². The average molecular weight is 400 g/mol. The molecule has 1 aromatic rings. The lowest BCUT2D eigenvalue weighted by molar-refractivity contribution is 0.0739. The zero-order valence-electron chi connectivity index (χ0n) is 17.3. The van der Waals surface area contributed by atoms with E-state index < -0.39 is 10.0 Å². The van der Waals surface area contributed by atoms with E-state index in [4.69, 9.17) is 9.47 Å². The monoisotopic (exact) mass is 399 g/mol. The Labute approximate surface area is 163 Å². The van der Waals surface area contributed by atoms with Crippen molar-refractivity contribution in [2.24, 2.45) is 0 Å². The molecule has 1 saturated heterocycles. The third-order valence-electron chi connectivity index (χ3n) is 5.08. The SMILES string of the molecule is COc1ccc(S(=O)(=O)N2CC(C)N(CCCN(C)C)C(C)C2)c(OC)c1. The topological polar surface area (TPSA) is 62.3 Å². The van der Waals surface area contributed by atoms with E-state index in [-0.39, 0.29) is 17.0 Å². The highest BCUT2D eigenvalue weighted by Gasteiger charge is 2.37. The average Bonchev–Trinajstić information content (AvgIpc) is 2.62. The van der Waals surface area contributed by atoms with Gasteiger partial charge in [-0.05, 0) is 53.0 Å². The number of methoxy groups -OCH3 is 2. The molecule has 0 saturated carbocycles. The van der Waals surface area contributed by atoms with Crippen molar-refractivity contribution in [2.75, 3.05) is 54.5 Å². The van der Waals surface area contributed by atoms with Gasteiger partial charge in [-0.15, -0.1) is 0 Å². The number of benzene rings is 1. The highest BCUT2D eigenvalue weighted by atomic mass is 32.2.